The predicted molar refractivity (Wildman–Crippen MR) is 92.2 cm³/mol. The fourth-order valence-corrected chi connectivity index (χ4v) is 3.54. The van der Waals surface area contributed by atoms with Gasteiger partial charge in [0.25, 0.3) is 0 Å². The zero-order valence-electron chi connectivity index (χ0n) is 13.6. The molecule has 4 nitrogen and oxygen atoms in total. The van der Waals surface area contributed by atoms with E-state index >= 15 is 0 Å². The van der Waals surface area contributed by atoms with E-state index in [4.69, 9.17) is 0 Å². The second-order valence-electron chi connectivity index (χ2n) is 6.42. The SMILES string of the molecule is CN=C(NCCN1CCc2ccccc2C1)NC1CCCC1. The van der Waals surface area contributed by atoms with Crippen molar-refractivity contribution in [3.63, 3.8) is 0 Å². The van der Waals surface area contributed by atoms with Gasteiger partial charge in [-0.15, -0.1) is 0 Å². The van der Waals surface area contributed by atoms with Gasteiger partial charge in [0.2, 0.25) is 0 Å². The third-order valence-electron chi connectivity index (χ3n) is 4.85. The second kappa shape index (κ2) is 7.63. The van der Waals surface area contributed by atoms with Crippen LogP contribution in [0.5, 0.6) is 0 Å². The quantitative estimate of drug-likeness (QED) is 0.661. The summed E-state index contributed by atoms with van der Waals surface area (Å²) in [5, 5.41) is 7.00. The van der Waals surface area contributed by atoms with Crippen LogP contribution >= 0.6 is 0 Å². The van der Waals surface area contributed by atoms with Crippen molar-refractivity contribution >= 4 is 5.96 Å². The van der Waals surface area contributed by atoms with E-state index in [1.165, 1.54) is 43.2 Å². The van der Waals surface area contributed by atoms with Crippen LogP contribution in [0.1, 0.15) is 36.8 Å². The molecular weight excluding hydrogens is 272 g/mol. The molecule has 120 valence electrons. The molecule has 0 saturated heterocycles. The Labute approximate surface area is 134 Å². The molecule has 1 aliphatic carbocycles. The van der Waals surface area contributed by atoms with E-state index in [2.05, 4.69) is 44.8 Å². The van der Waals surface area contributed by atoms with E-state index < -0.39 is 0 Å². The summed E-state index contributed by atoms with van der Waals surface area (Å²) in [5.74, 6) is 0.962. The highest BCUT2D eigenvalue weighted by Crippen LogP contribution is 2.18. The van der Waals surface area contributed by atoms with Crippen LogP contribution in [0.15, 0.2) is 29.3 Å². The standard InChI is InChI=1S/C18H28N4/c1-19-18(21-17-8-4-5-9-17)20-11-13-22-12-10-15-6-2-3-7-16(15)14-22/h2-3,6-7,17H,4-5,8-14H2,1H3,(H2,19,20,21). The normalized spacial score (nSPS) is 20.0. The van der Waals surface area contributed by atoms with Crippen LogP contribution < -0.4 is 10.6 Å². The van der Waals surface area contributed by atoms with E-state index in [-0.39, 0.29) is 0 Å². The number of nitrogens with zero attached hydrogens (tertiary/aromatic N) is 2. The first kappa shape index (κ1) is 15.3. The zero-order chi connectivity index (χ0) is 15.2. The number of hydrogen-bond acceptors (Lipinski definition) is 2. The molecule has 0 atom stereocenters. The van der Waals surface area contributed by atoms with Gasteiger partial charge in [0, 0.05) is 39.3 Å². The van der Waals surface area contributed by atoms with Crippen molar-refractivity contribution in [1.29, 1.82) is 0 Å². The first-order chi connectivity index (χ1) is 10.8. The van der Waals surface area contributed by atoms with Gasteiger partial charge in [-0.3, -0.25) is 9.89 Å². The maximum atomic E-state index is 4.35. The molecule has 0 spiro atoms. The zero-order valence-corrected chi connectivity index (χ0v) is 13.6. The summed E-state index contributed by atoms with van der Waals surface area (Å²) < 4.78 is 0. The number of hydrogen-bond donors (Lipinski definition) is 2. The molecule has 0 radical (unpaired) electrons. The van der Waals surface area contributed by atoms with Gasteiger partial charge in [-0.05, 0) is 30.4 Å². The molecule has 22 heavy (non-hydrogen) atoms. The van der Waals surface area contributed by atoms with Crippen molar-refractivity contribution in [2.24, 2.45) is 4.99 Å². The molecule has 4 heteroatoms. The Hall–Kier alpha value is -1.55. The maximum Gasteiger partial charge on any atom is 0.191 e. The molecule has 2 N–H and O–H groups in total. The molecule has 3 rings (SSSR count). The van der Waals surface area contributed by atoms with Crippen LogP contribution in [0, 0.1) is 0 Å². The summed E-state index contributed by atoms with van der Waals surface area (Å²) >= 11 is 0. The molecule has 1 aliphatic heterocycles. The highest BCUT2D eigenvalue weighted by molar-refractivity contribution is 5.79. The van der Waals surface area contributed by atoms with E-state index in [1.54, 1.807) is 0 Å². The monoisotopic (exact) mass is 300 g/mol. The van der Waals surface area contributed by atoms with Crippen molar-refractivity contribution in [2.75, 3.05) is 26.7 Å². The predicted octanol–water partition coefficient (Wildman–Crippen LogP) is 2.15. The Bertz CT molecular complexity index is 506. The fraction of sp³-hybridized carbons (Fsp3) is 0.611. The van der Waals surface area contributed by atoms with Crippen LogP contribution in [0.2, 0.25) is 0 Å². The summed E-state index contributed by atoms with van der Waals surface area (Å²) in [4.78, 5) is 6.87. The maximum absolute atomic E-state index is 4.35. The molecule has 1 saturated carbocycles. The fourth-order valence-electron chi connectivity index (χ4n) is 3.54. The van der Waals surface area contributed by atoms with Gasteiger partial charge in [0.15, 0.2) is 5.96 Å². The molecule has 0 unspecified atom stereocenters. The van der Waals surface area contributed by atoms with Crippen LogP contribution in [-0.4, -0.2) is 43.6 Å². The van der Waals surface area contributed by atoms with Gasteiger partial charge in [-0.2, -0.15) is 0 Å². The summed E-state index contributed by atoms with van der Waals surface area (Å²) in [5.41, 5.74) is 3.01. The van der Waals surface area contributed by atoms with Gasteiger partial charge in [-0.25, -0.2) is 0 Å². The lowest BCUT2D eigenvalue weighted by Gasteiger charge is -2.29. The number of rotatable bonds is 4. The molecule has 1 fully saturated rings. The van der Waals surface area contributed by atoms with Crippen LogP contribution in [0.25, 0.3) is 0 Å². The Balaban J connectivity index is 1.41. The average Bonchev–Trinajstić information content (AvgIpc) is 3.07. The van der Waals surface area contributed by atoms with E-state index in [9.17, 15) is 0 Å². The lowest BCUT2D eigenvalue weighted by atomic mass is 10.00. The third kappa shape index (κ3) is 4.01. The third-order valence-corrected chi connectivity index (χ3v) is 4.85. The first-order valence-electron chi connectivity index (χ1n) is 8.61. The molecule has 1 heterocycles. The average molecular weight is 300 g/mol. The van der Waals surface area contributed by atoms with Crippen LogP contribution in [-0.2, 0) is 13.0 Å². The Morgan fingerprint density at radius 2 is 2.00 bits per heavy atom. The van der Waals surface area contributed by atoms with E-state index in [0.29, 0.717) is 6.04 Å². The van der Waals surface area contributed by atoms with E-state index in [0.717, 1.165) is 32.1 Å². The second-order valence-corrected chi connectivity index (χ2v) is 6.42. The summed E-state index contributed by atoms with van der Waals surface area (Å²) in [6.07, 6.45) is 6.43. The summed E-state index contributed by atoms with van der Waals surface area (Å²) in [6.45, 7) is 4.26. The van der Waals surface area contributed by atoms with Gasteiger partial charge < -0.3 is 10.6 Å². The lowest BCUT2D eigenvalue weighted by molar-refractivity contribution is 0.258. The minimum atomic E-state index is 0.619. The number of aliphatic imine (C=N–C) groups is 1. The molecule has 0 bridgehead atoms. The number of guanidine groups is 1. The lowest BCUT2D eigenvalue weighted by Crippen LogP contribution is -2.45. The summed E-state index contributed by atoms with van der Waals surface area (Å²) in [7, 11) is 1.86. The number of nitrogens with one attached hydrogen (secondary N) is 2. The number of fused-ring (bicyclic) bond motifs is 1. The van der Waals surface area contributed by atoms with Gasteiger partial charge in [0.1, 0.15) is 0 Å². The van der Waals surface area contributed by atoms with Crippen molar-refractivity contribution in [3.8, 4) is 0 Å². The Kier molecular flexibility index (Phi) is 5.33. The van der Waals surface area contributed by atoms with E-state index in [1.807, 2.05) is 7.05 Å². The molecule has 2 aliphatic rings. The van der Waals surface area contributed by atoms with Crippen molar-refractivity contribution in [2.45, 2.75) is 44.7 Å². The highest BCUT2D eigenvalue weighted by atomic mass is 15.2. The topological polar surface area (TPSA) is 39.7 Å². The van der Waals surface area contributed by atoms with Crippen molar-refractivity contribution in [1.82, 2.24) is 15.5 Å². The molecule has 0 aromatic heterocycles. The molecule has 1 aromatic rings. The minimum absolute atomic E-state index is 0.619. The van der Waals surface area contributed by atoms with Crippen LogP contribution in [0.3, 0.4) is 0 Å². The summed E-state index contributed by atoms with van der Waals surface area (Å²) in [6, 6.07) is 9.43. The molecule has 1 aromatic carbocycles. The van der Waals surface area contributed by atoms with Crippen molar-refractivity contribution in [3.05, 3.63) is 35.4 Å². The first-order valence-corrected chi connectivity index (χ1v) is 8.61. The van der Waals surface area contributed by atoms with Gasteiger partial charge in [0.05, 0.1) is 0 Å². The molecular formula is C18H28N4. The molecule has 0 amide bonds. The Morgan fingerprint density at radius 3 is 2.77 bits per heavy atom. The van der Waals surface area contributed by atoms with Gasteiger partial charge >= 0.3 is 0 Å². The minimum Gasteiger partial charge on any atom is -0.355 e. The van der Waals surface area contributed by atoms with Gasteiger partial charge in [-0.1, -0.05) is 37.1 Å². The largest absolute Gasteiger partial charge is 0.355 e. The smallest absolute Gasteiger partial charge is 0.191 e. The number of benzene rings is 1. The van der Waals surface area contributed by atoms with Crippen LogP contribution in [0.4, 0.5) is 0 Å². The van der Waals surface area contributed by atoms with Crippen molar-refractivity contribution < 1.29 is 0 Å². The Morgan fingerprint density at radius 1 is 1.23 bits per heavy atom. The highest BCUT2D eigenvalue weighted by Gasteiger charge is 2.17.